The minimum Gasteiger partial charge on any atom is -0.422 e. The average molecular weight is 366 g/mol. The number of nitrogens with zero attached hydrogens (tertiary/aromatic N) is 3. The Bertz CT molecular complexity index is 1260. The van der Waals surface area contributed by atoms with Crippen LogP contribution in [-0.4, -0.2) is 4.92 Å². The van der Waals surface area contributed by atoms with E-state index in [-0.39, 0.29) is 17.1 Å². The number of para-hydroxylation sites is 1. The van der Waals surface area contributed by atoms with Crippen LogP contribution in [0.2, 0.25) is 0 Å². The van der Waals surface area contributed by atoms with Crippen molar-refractivity contribution in [2.45, 2.75) is 0 Å². The van der Waals surface area contributed by atoms with Gasteiger partial charge >= 0.3 is 5.63 Å². The lowest BCUT2D eigenvalue weighted by Crippen LogP contribution is -1.97. The Morgan fingerprint density at radius 1 is 1.12 bits per heavy atom. The molecule has 2 aromatic heterocycles. The van der Waals surface area contributed by atoms with E-state index in [0.717, 1.165) is 10.8 Å². The van der Waals surface area contributed by atoms with E-state index in [1.165, 1.54) is 29.5 Å². The zero-order valence-electron chi connectivity index (χ0n) is 13.1. The fourth-order valence-electron chi connectivity index (χ4n) is 2.58. The van der Waals surface area contributed by atoms with Gasteiger partial charge < -0.3 is 10.2 Å². The highest BCUT2D eigenvalue weighted by molar-refractivity contribution is 7.15. The number of nitrogens with two attached hydrogens (primary N) is 1. The molecule has 0 unspecified atom stereocenters. The maximum atomic E-state index is 12.3. The molecule has 0 radical (unpaired) electrons. The number of rotatable bonds is 3. The Morgan fingerprint density at radius 3 is 2.73 bits per heavy atom. The minimum atomic E-state index is -0.542. The first-order valence-electron chi connectivity index (χ1n) is 7.43. The minimum absolute atomic E-state index is 0.144. The zero-order chi connectivity index (χ0) is 18.3. The second-order valence-electron chi connectivity index (χ2n) is 5.42. The van der Waals surface area contributed by atoms with Crippen LogP contribution >= 0.6 is 11.3 Å². The Kier molecular flexibility index (Phi) is 3.70. The number of azo groups is 1. The van der Waals surface area contributed by atoms with Gasteiger partial charge in [-0.25, -0.2) is 4.79 Å². The molecule has 0 bridgehead atoms. The van der Waals surface area contributed by atoms with Crippen molar-refractivity contribution in [3.05, 3.63) is 68.4 Å². The summed E-state index contributed by atoms with van der Waals surface area (Å²) in [5.74, 6) is 0. The van der Waals surface area contributed by atoms with Crippen LogP contribution in [0.25, 0.3) is 21.7 Å². The highest BCUT2D eigenvalue weighted by Crippen LogP contribution is 2.37. The molecule has 4 aromatic rings. The maximum absolute atomic E-state index is 12.3. The normalized spacial score (nSPS) is 11.5. The van der Waals surface area contributed by atoms with Crippen molar-refractivity contribution in [2.75, 3.05) is 5.73 Å². The molecular weight excluding hydrogens is 356 g/mol. The zero-order valence-corrected chi connectivity index (χ0v) is 13.9. The van der Waals surface area contributed by atoms with Crippen LogP contribution in [0.1, 0.15) is 0 Å². The van der Waals surface area contributed by atoms with E-state index >= 15 is 0 Å². The van der Waals surface area contributed by atoms with Crippen LogP contribution in [0, 0.1) is 10.1 Å². The molecule has 2 aromatic carbocycles. The standard InChI is InChI=1S/C17H10N4O4S/c18-12-6-5-9(21(23)24)7-13(12)19-20-16-15-11(8-26-16)10-3-1-2-4-14(10)25-17(15)22/h1-8H,18H2. The first kappa shape index (κ1) is 15.9. The number of nitrogen functional groups attached to an aromatic ring is 1. The van der Waals surface area contributed by atoms with Crippen molar-refractivity contribution in [2.24, 2.45) is 10.2 Å². The van der Waals surface area contributed by atoms with Crippen LogP contribution in [0.3, 0.4) is 0 Å². The smallest absolute Gasteiger partial charge is 0.347 e. The van der Waals surface area contributed by atoms with Crippen LogP contribution in [-0.2, 0) is 0 Å². The molecule has 0 aliphatic carbocycles. The average Bonchev–Trinajstić information content (AvgIpc) is 3.06. The molecular formula is C17H10N4O4S. The first-order valence-corrected chi connectivity index (χ1v) is 8.31. The lowest BCUT2D eigenvalue weighted by molar-refractivity contribution is -0.384. The van der Waals surface area contributed by atoms with Crippen molar-refractivity contribution >= 4 is 55.1 Å². The Balaban J connectivity index is 1.85. The topological polar surface area (TPSA) is 124 Å². The predicted octanol–water partition coefficient (Wildman–Crippen LogP) is 4.91. The van der Waals surface area contributed by atoms with Gasteiger partial charge in [-0.1, -0.05) is 18.2 Å². The van der Waals surface area contributed by atoms with Crippen LogP contribution in [0.4, 0.5) is 22.1 Å². The second kappa shape index (κ2) is 6.05. The Hall–Kier alpha value is -3.59. The van der Waals surface area contributed by atoms with Gasteiger partial charge in [-0.15, -0.1) is 21.6 Å². The second-order valence-corrected chi connectivity index (χ2v) is 6.27. The summed E-state index contributed by atoms with van der Waals surface area (Å²) in [7, 11) is 0. The fraction of sp³-hybridized carbons (Fsp3) is 0. The Morgan fingerprint density at radius 2 is 1.92 bits per heavy atom. The highest BCUT2D eigenvalue weighted by atomic mass is 32.1. The number of hydrogen-bond acceptors (Lipinski definition) is 8. The predicted molar refractivity (Wildman–Crippen MR) is 99.6 cm³/mol. The quantitative estimate of drug-likeness (QED) is 0.181. The highest BCUT2D eigenvalue weighted by Gasteiger charge is 2.14. The van der Waals surface area contributed by atoms with Gasteiger partial charge in [0.05, 0.1) is 10.6 Å². The number of nitro benzene ring substituents is 1. The van der Waals surface area contributed by atoms with Crippen molar-refractivity contribution in [3.63, 3.8) is 0 Å². The number of nitro groups is 1. The van der Waals surface area contributed by atoms with Gasteiger partial charge in [0.2, 0.25) is 0 Å². The van der Waals surface area contributed by atoms with E-state index in [1.807, 2.05) is 12.1 Å². The summed E-state index contributed by atoms with van der Waals surface area (Å²) in [5, 5.41) is 22.9. The molecule has 26 heavy (non-hydrogen) atoms. The van der Waals surface area contributed by atoms with Crippen molar-refractivity contribution in [3.8, 4) is 0 Å². The van der Waals surface area contributed by atoms with Gasteiger partial charge in [-0.3, -0.25) is 10.1 Å². The summed E-state index contributed by atoms with van der Waals surface area (Å²) in [6, 6.07) is 11.1. The molecule has 0 spiro atoms. The fourth-order valence-corrected chi connectivity index (χ4v) is 3.45. The number of non-ortho nitro benzene ring substituents is 1. The molecule has 2 N–H and O–H groups in total. The molecule has 128 valence electrons. The summed E-state index contributed by atoms with van der Waals surface area (Å²) in [6.45, 7) is 0. The van der Waals surface area contributed by atoms with Crippen molar-refractivity contribution in [1.29, 1.82) is 0 Å². The molecule has 0 atom stereocenters. The summed E-state index contributed by atoms with van der Waals surface area (Å²) in [4.78, 5) is 22.7. The third-order valence-corrected chi connectivity index (χ3v) is 4.69. The van der Waals surface area contributed by atoms with Gasteiger partial charge in [0.1, 0.15) is 16.7 Å². The number of hydrogen-bond donors (Lipinski definition) is 1. The van der Waals surface area contributed by atoms with Gasteiger partial charge in [-0.05, 0) is 12.1 Å². The van der Waals surface area contributed by atoms with Gasteiger partial charge in [0, 0.05) is 28.3 Å². The molecule has 4 rings (SSSR count). The summed E-state index contributed by atoms with van der Waals surface area (Å²) in [5.41, 5.74) is 6.04. The van der Waals surface area contributed by atoms with Crippen LogP contribution in [0.15, 0.2) is 67.3 Å². The van der Waals surface area contributed by atoms with Crippen molar-refractivity contribution < 1.29 is 9.34 Å². The van der Waals surface area contributed by atoms with Crippen molar-refractivity contribution in [1.82, 2.24) is 0 Å². The first-order chi connectivity index (χ1) is 12.5. The lowest BCUT2D eigenvalue weighted by Gasteiger charge is -1.99. The maximum Gasteiger partial charge on any atom is 0.347 e. The number of benzene rings is 2. The third kappa shape index (κ3) is 2.60. The molecule has 9 heteroatoms. The molecule has 8 nitrogen and oxygen atoms in total. The SMILES string of the molecule is Nc1ccc([N+](=O)[O-])cc1N=Nc1scc2c1c(=O)oc1ccccc12. The summed E-state index contributed by atoms with van der Waals surface area (Å²) in [6.07, 6.45) is 0. The molecule has 0 saturated heterocycles. The van der Waals surface area contributed by atoms with E-state index in [2.05, 4.69) is 10.2 Å². The molecule has 2 heterocycles. The number of fused-ring (bicyclic) bond motifs is 3. The molecule has 0 aliphatic heterocycles. The third-order valence-electron chi connectivity index (χ3n) is 3.83. The largest absolute Gasteiger partial charge is 0.422 e. The van der Waals surface area contributed by atoms with Crippen LogP contribution < -0.4 is 11.4 Å². The van der Waals surface area contributed by atoms with E-state index in [0.29, 0.717) is 16.0 Å². The van der Waals surface area contributed by atoms with E-state index in [1.54, 1.807) is 17.5 Å². The summed E-state index contributed by atoms with van der Waals surface area (Å²) < 4.78 is 5.34. The van der Waals surface area contributed by atoms with Gasteiger partial charge in [-0.2, -0.15) is 0 Å². The number of thiophene rings is 1. The van der Waals surface area contributed by atoms with Crippen LogP contribution in [0.5, 0.6) is 0 Å². The molecule has 0 saturated carbocycles. The molecule has 0 aliphatic rings. The monoisotopic (exact) mass is 366 g/mol. The van der Waals surface area contributed by atoms with E-state index in [4.69, 9.17) is 10.2 Å². The number of anilines is 1. The van der Waals surface area contributed by atoms with Gasteiger partial charge in [0.25, 0.3) is 5.69 Å². The summed E-state index contributed by atoms with van der Waals surface area (Å²) >= 11 is 1.23. The van der Waals surface area contributed by atoms with E-state index in [9.17, 15) is 14.9 Å². The lowest BCUT2D eigenvalue weighted by atomic mass is 10.1. The van der Waals surface area contributed by atoms with Gasteiger partial charge in [0.15, 0.2) is 5.00 Å². The Labute approximate surface area is 149 Å². The van der Waals surface area contributed by atoms with E-state index < -0.39 is 10.5 Å². The molecule has 0 amide bonds. The molecule has 0 fully saturated rings.